The maximum Gasteiger partial charge on any atom is 0.327 e. The second-order valence-corrected chi connectivity index (χ2v) is 10.8. The lowest BCUT2D eigenvalue weighted by Crippen LogP contribution is -2.51. The highest BCUT2D eigenvalue weighted by atomic mass is 32.2. The van der Waals surface area contributed by atoms with Crippen molar-refractivity contribution >= 4 is 21.7 Å². The summed E-state index contributed by atoms with van der Waals surface area (Å²) in [6.45, 7) is 3.96. The minimum atomic E-state index is -3.37. The zero-order valence-electron chi connectivity index (χ0n) is 19.3. The standard InChI is InChI=1S/C23H35N7O3S/c24-9-1-10-26-15-17-2-4-21(5-3-17)30-16-18-14-20(27-22(18)28-23(30)31)8-13-34(32,33)29-19-6-11-25-12-7-19/h2-5,14,16,19,22,25-27,29H,1,6-13,15,24H2,(H,28,31). The van der Waals surface area contributed by atoms with Gasteiger partial charge in [0.1, 0.15) is 6.17 Å². The number of hydrogen-bond acceptors (Lipinski definition) is 7. The maximum absolute atomic E-state index is 12.7. The molecular weight excluding hydrogens is 454 g/mol. The van der Waals surface area contributed by atoms with Gasteiger partial charge in [0.05, 0.1) is 11.4 Å². The first-order valence-electron chi connectivity index (χ1n) is 11.9. The minimum Gasteiger partial charge on any atom is -0.365 e. The Morgan fingerprint density at radius 1 is 1.12 bits per heavy atom. The molecule has 7 N–H and O–H groups in total. The van der Waals surface area contributed by atoms with Gasteiger partial charge in [-0.05, 0) is 69.2 Å². The fourth-order valence-corrected chi connectivity index (χ4v) is 5.64. The van der Waals surface area contributed by atoms with Crippen molar-refractivity contribution in [2.45, 2.75) is 44.4 Å². The van der Waals surface area contributed by atoms with E-state index >= 15 is 0 Å². The van der Waals surface area contributed by atoms with E-state index in [2.05, 4.69) is 26.0 Å². The molecule has 0 saturated carbocycles. The Bertz CT molecular complexity index is 1020. The third kappa shape index (κ3) is 6.57. The lowest BCUT2D eigenvalue weighted by Gasteiger charge is -2.29. The predicted molar refractivity (Wildman–Crippen MR) is 133 cm³/mol. The number of nitrogens with zero attached hydrogens (tertiary/aromatic N) is 1. The molecule has 0 aromatic heterocycles. The second-order valence-electron chi connectivity index (χ2n) is 8.89. The van der Waals surface area contributed by atoms with Crippen molar-refractivity contribution in [2.24, 2.45) is 5.73 Å². The van der Waals surface area contributed by atoms with Gasteiger partial charge in [0.2, 0.25) is 10.0 Å². The number of hydrogen-bond donors (Lipinski definition) is 6. The number of fused-ring (bicyclic) bond motifs is 1. The van der Waals surface area contributed by atoms with Crippen molar-refractivity contribution in [1.29, 1.82) is 0 Å². The van der Waals surface area contributed by atoms with E-state index in [1.165, 1.54) is 0 Å². The molecule has 0 bridgehead atoms. The molecule has 4 rings (SSSR count). The van der Waals surface area contributed by atoms with Crippen LogP contribution in [0.1, 0.15) is 31.2 Å². The van der Waals surface area contributed by atoms with Gasteiger partial charge in [-0.1, -0.05) is 12.1 Å². The van der Waals surface area contributed by atoms with Gasteiger partial charge in [-0.2, -0.15) is 0 Å². The number of allylic oxidation sites excluding steroid dienone is 1. The number of urea groups is 1. The largest absolute Gasteiger partial charge is 0.365 e. The number of piperidine rings is 1. The summed E-state index contributed by atoms with van der Waals surface area (Å²) < 4.78 is 27.8. The van der Waals surface area contributed by atoms with Crippen LogP contribution in [-0.2, 0) is 16.6 Å². The van der Waals surface area contributed by atoms with Crippen LogP contribution in [0, 0.1) is 0 Å². The molecule has 1 atom stereocenters. The van der Waals surface area contributed by atoms with Crippen molar-refractivity contribution in [3.63, 3.8) is 0 Å². The molecule has 1 saturated heterocycles. The first-order valence-corrected chi connectivity index (χ1v) is 13.6. The number of nitrogens with one attached hydrogen (secondary N) is 5. The van der Waals surface area contributed by atoms with E-state index in [0.29, 0.717) is 13.0 Å². The van der Waals surface area contributed by atoms with Gasteiger partial charge in [-0.25, -0.2) is 17.9 Å². The highest BCUT2D eigenvalue weighted by Crippen LogP contribution is 2.25. The number of nitrogens with two attached hydrogens (primary N) is 1. The van der Waals surface area contributed by atoms with Crippen LogP contribution < -0.4 is 36.6 Å². The molecule has 0 radical (unpaired) electrons. The molecule has 1 aromatic carbocycles. The average Bonchev–Trinajstić information content (AvgIpc) is 3.23. The van der Waals surface area contributed by atoms with Crippen LogP contribution in [0.15, 0.2) is 47.8 Å². The number of rotatable bonds is 11. The molecule has 186 valence electrons. The summed E-state index contributed by atoms with van der Waals surface area (Å²) in [4.78, 5) is 14.3. The summed E-state index contributed by atoms with van der Waals surface area (Å²) in [6.07, 6.45) is 6.30. The third-order valence-corrected chi connectivity index (χ3v) is 7.63. The van der Waals surface area contributed by atoms with Crippen LogP contribution in [0.5, 0.6) is 0 Å². The number of carbonyl (C=O) groups is 1. The first kappa shape index (κ1) is 24.7. The number of sulfonamides is 1. The quantitative estimate of drug-likeness (QED) is 0.247. The third-order valence-electron chi connectivity index (χ3n) is 6.20. The summed E-state index contributed by atoms with van der Waals surface area (Å²) in [5.41, 5.74) is 9.10. The summed E-state index contributed by atoms with van der Waals surface area (Å²) in [5, 5.41) is 12.7. The van der Waals surface area contributed by atoms with Crippen molar-refractivity contribution < 1.29 is 13.2 Å². The topological polar surface area (TPSA) is 141 Å². The monoisotopic (exact) mass is 489 g/mol. The number of benzene rings is 1. The maximum atomic E-state index is 12.7. The van der Waals surface area contributed by atoms with Crippen LogP contribution in [0.2, 0.25) is 0 Å². The van der Waals surface area contributed by atoms with Gasteiger partial charge in [0, 0.05) is 36.5 Å². The molecule has 0 spiro atoms. The lowest BCUT2D eigenvalue weighted by molar-refractivity contribution is 0.243. The van der Waals surface area contributed by atoms with Crippen LogP contribution in [0.3, 0.4) is 0 Å². The highest BCUT2D eigenvalue weighted by Gasteiger charge is 2.31. The summed E-state index contributed by atoms with van der Waals surface area (Å²) in [6, 6.07) is 7.60. The second kappa shape index (κ2) is 11.3. The molecule has 1 fully saturated rings. The number of anilines is 1. The smallest absolute Gasteiger partial charge is 0.327 e. The van der Waals surface area contributed by atoms with Gasteiger partial charge in [0.25, 0.3) is 0 Å². The fraction of sp³-hybridized carbons (Fsp3) is 0.522. The molecule has 1 unspecified atom stereocenters. The van der Waals surface area contributed by atoms with Gasteiger partial charge >= 0.3 is 6.03 Å². The van der Waals surface area contributed by atoms with Crippen molar-refractivity contribution in [3.05, 3.63) is 53.4 Å². The van der Waals surface area contributed by atoms with E-state index in [4.69, 9.17) is 5.73 Å². The Hall–Kier alpha value is -2.44. The first-order chi connectivity index (χ1) is 16.4. The molecule has 11 heteroatoms. The summed E-state index contributed by atoms with van der Waals surface area (Å²) >= 11 is 0. The predicted octanol–water partition coefficient (Wildman–Crippen LogP) is 0.413. The Kier molecular flexibility index (Phi) is 8.22. The molecule has 10 nitrogen and oxygen atoms in total. The van der Waals surface area contributed by atoms with Crippen LogP contribution in [0.4, 0.5) is 10.5 Å². The summed E-state index contributed by atoms with van der Waals surface area (Å²) in [5.74, 6) is 0.00814. The highest BCUT2D eigenvalue weighted by molar-refractivity contribution is 7.89. The van der Waals surface area contributed by atoms with Crippen LogP contribution in [-0.4, -0.2) is 58.6 Å². The van der Waals surface area contributed by atoms with Crippen molar-refractivity contribution in [3.8, 4) is 0 Å². The van der Waals surface area contributed by atoms with Crippen LogP contribution >= 0.6 is 0 Å². The van der Waals surface area contributed by atoms with E-state index in [0.717, 1.165) is 68.0 Å². The Morgan fingerprint density at radius 2 is 1.88 bits per heavy atom. The van der Waals surface area contributed by atoms with E-state index in [1.807, 2.05) is 30.3 Å². The van der Waals surface area contributed by atoms with E-state index in [-0.39, 0.29) is 24.0 Å². The Morgan fingerprint density at radius 3 is 2.62 bits per heavy atom. The molecule has 1 aromatic rings. The normalized spacial score (nSPS) is 20.9. The van der Waals surface area contributed by atoms with Crippen LogP contribution in [0.25, 0.3) is 0 Å². The Labute approximate surface area is 201 Å². The summed E-state index contributed by atoms with van der Waals surface area (Å²) in [7, 11) is -3.37. The van der Waals surface area contributed by atoms with Crippen molar-refractivity contribution in [2.75, 3.05) is 36.8 Å². The van der Waals surface area contributed by atoms with E-state index in [9.17, 15) is 13.2 Å². The van der Waals surface area contributed by atoms with Gasteiger partial charge in [0.15, 0.2) is 0 Å². The number of carbonyl (C=O) groups excluding carboxylic acids is 1. The lowest BCUT2D eigenvalue weighted by atomic mass is 10.1. The minimum absolute atomic E-state index is 0.00279. The van der Waals surface area contributed by atoms with Gasteiger partial charge < -0.3 is 27.0 Å². The van der Waals surface area contributed by atoms with E-state index in [1.54, 1.807) is 11.1 Å². The molecule has 2 amide bonds. The molecule has 3 heterocycles. The SMILES string of the molecule is NCCCNCc1ccc(N2C=C3C=C(CCS(=O)(=O)NC4CCNCC4)NC3NC2=O)cc1. The molecule has 3 aliphatic heterocycles. The van der Waals surface area contributed by atoms with E-state index < -0.39 is 10.0 Å². The fourth-order valence-electron chi connectivity index (χ4n) is 4.29. The molecule has 3 aliphatic rings. The average molecular weight is 490 g/mol. The molecular formula is C23H35N7O3S. The van der Waals surface area contributed by atoms with Crippen molar-refractivity contribution in [1.82, 2.24) is 26.0 Å². The molecule has 34 heavy (non-hydrogen) atoms. The zero-order chi connectivity index (χ0) is 24.0. The zero-order valence-corrected chi connectivity index (χ0v) is 20.2. The number of amides is 2. The Balaban J connectivity index is 1.34. The van der Waals surface area contributed by atoms with Gasteiger partial charge in [-0.15, -0.1) is 0 Å². The van der Waals surface area contributed by atoms with Gasteiger partial charge in [-0.3, -0.25) is 4.90 Å². The molecule has 0 aliphatic carbocycles.